The number of fused-ring (bicyclic) bond motifs is 1. The minimum Gasteiger partial charge on any atom is -0.444 e. The van der Waals surface area contributed by atoms with Crippen molar-refractivity contribution >= 4 is 17.8 Å². The Balaban J connectivity index is 2.30. The molecule has 29 heavy (non-hydrogen) atoms. The Morgan fingerprint density at radius 1 is 1.38 bits per heavy atom. The maximum atomic E-state index is 13.2. The Labute approximate surface area is 166 Å². The van der Waals surface area contributed by atoms with E-state index in [1.54, 1.807) is 39.1 Å². The predicted molar refractivity (Wildman–Crippen MR) is 102 cm³/mol. The third kappa shape index (κ3) is 5.93. The molecule has 2 unspecified atom stereocenters. The zero-order chi connectivity index (χ0) is 21.8. The summed E-state index contributed by atoms with van der Waals surface area (Å²) >= 11 is 0. The molecule has 2 aromatic heterocycles. The normalized spacial score (nSPS) is 15.2. The van der Waals surface area contributed by atoms with Gasteiger partial charge in [0.1, 0.15) is 12.3 Å². The number of halogens is 3. The van der Waals surface area contributed by atoms with Crippen LogP contribution in [0.15, 0.2) is 25.0 Å². The first-order chi connectivity index (χ1) is 13.5. The fourth-order valence-electron chi connectivity index (χ4n) is 2.27. The minimum atomic E-state index is -3.05. The van der Waals surface area contributed by atoms with Crippen LogP contribution >= 0.6 is 0 Å². The summed E-state index contributed by atoms with van der Waals surface area (Å²) in [4.78, 5) is 16.6. The van der Waals surface area contributed by atoms with Crippen molar-refractivity contribution in [3.8, 4) is 0 Å². The largest absolute Gasteiger partial charge is 0.444 e. The Kier molecular flexibility index (Phi) is 6.89. The van der Waals surface area contributed by atoms with Crippen molar-refractivity contribution in [1.82, 2.24) is 19.9 Å². The van der Waals surface area contributed by atoms with Gasteiger partial charge in [-0.2, -0.15) is 5.10 Å². The van der Waals surface area contributed by atoms with Crippen molar-refractivity contribution in [2.75, 3.05) is 13.3 Å². The van der Waals surface area contributed by atoms with Crippen LogP contribution < -0.4 is 5.32 Å². The van der Waals surface area contributed by atoms with Gasteiger partial charge in [0.15, 0.2) is 11.2 Å². The maximum absolute atomic E-state index is 13.2. The smallest absolute Gasteiger partial charge is 0.408 e. The quantitative estimate of drug-likeness (QED) is 0.708. The molecular weight excluding hydrogens is 389 g/mol. The van der Waals surface area contributed by atoms with Crippen LogP contribution in [0.5, 0.6) is 0 Å². The van der Waals surface area contributed by atoms with Crippen LogP contribution in [-0.2, 0) is 9.47 Å². The second-order valence-electron chi connectivity index (χ2n) is 7.72. The molecule has 1 amide bonds. The molecule has 7 nitrogen and oxygen atoms in total. The molecule has 0 aliphatic rings. The van der Waals surface area contributed by atoms with E-state index in [9.17, 15) is 18.0 Å². The summed E-state index contributed by atoms with van der Waals surface area (Å²) in [5.41, 5.74) is -1.60. The SMILES string of the molecule is C=Cc1cnn2cc(C(COC(C)(CF)C(F)F)NC(=O)OC(C)(C)C)nc2c1. The number of carbonyl (C=O) groups excluding carboxylic acids is 1. The lowest BCUT2D eigenvalue weighted by Gasteiger charge is -2.29. The van der Waals surface area contributed by atoms with E-state index in [-0.39, 0.29) is 0 Å². The molecule has 0 spiro atoms. The van der Waals surface area contributed by atoms with Gasteiger partial charge in [-0.15, -0.1) is 0 Å². The molecule has 0 aromatic carbocycles. The first-order valence-corrected chi connectivity index (χ1v) is 8.93. The molecule has 0 saturated carbocycles. The highest BCUT2D eigenvalue weighted by molar-refractivity contribution is 5.68. The molecule has 2 rings (SSSR count). The molecule has 0 radical (unpaired) electrons. The van der Waals surface area contributed by atoms with Crippen LogP contribution in [0.1, 0.15) is 45.0 Å². The second kappa shape index (κ2) is 8.81. The molecule has 2 atom stereocenters. The van der Waals surface area contributed by atoms with Gasteiger partial charge >= 0.3 is 6.09 Å². The Morgan fingerprint density at radius 2 is 2.07 bits per heavy atom. The minimum absolute atomic E-state index is 0.292. The average molecular weight is 414 g/mol. The molecule has 10 heteroatoms. The van der Waals surface area contributed by atoms with E-state index in [0.29, 0.717) is 11.3 Å². The lowest BCUT2D eigenvalue weighted by Crippen LogP contribution is -2.43. The molecule has 0 aliphatic carbocycles. The second-order valence-corrected chi connectivity index (χ2v) is 7.72. The molecule has 2 aromatic rings. The number of hydrogen-bond donors (Lipinski definition) is 1. The number of rotatable bonds is 8. The zero-order valence-corrected chi connectivity index (χ0v) is 16.8. The molecule has 0 saturated heterocycles. The molecular formula is C19H25F3N4O3. The van der Waals surface area contributed by atoms with Crippen molar-refractivity contribution in [2.24, 2.45) is 0 Å². The topological polar surface area (TPSA) is 77.8 Å². The van der Waals surface area contributed by atoms with Crippen LogP contribution in [0.3, 0.4) is 0 Å². The Hall–Kier alpha value is -2.62. The lowest BCUT2D eigenvalue weighted by molar-refractivity contribution is -0.143. The number of nitrogens with zero attached hydrogens (tertiary/aromatic N) is 3. The van der Waals surface area contributed by atoms with Gasteiger partial charge < -0.3 is 14.8 Å². The van der Waals surface area contributed by atoms with Crippen LogP contribution in [0.4, 0.5) is 18.0 Å². The highest BCUT2D eigenvalue weighted by Crippen LogP contribution is 2.24. The summed E-state index contributed by atoms with van der Waals surface area (Å²) in [5, 5.41) is 6.70. The number of nitrogens with one attached hydrogen (secondary N) is 1. The zero-order valence-electron chi connectivity index (χ0n) is 16.8. The summed E-state index contributed by atoms with van der Waals surface area (Å²) in [6.45, 7) is 7.83. The van der Waals surface area contributed by atoms with Gasteiger partial charge in [0.05, 0.1) is 30.7 Å². The maximum Gasteiger partial charge on any atom is 0.408 e. The standard InChI is InChI=1S/C19H25F3N4O3/c1-6-12-7-15-24-13(9-26(15)23-8-12)14(25-17(27)29-18(2,3)4)10-28-19(5,11-20)16(21)22/h6-9,14,16H,1,10-11H2,2-5H3,(H,25,27). The Bertz CT molecular complexity index is 866. The van der Waals surface area contributed by atoms with Gasteiger partial charge in [-0.3, -0.25) is 0 Å². The molecule has 1 N–H and O–H groups in total. The average Bonchev–Trinajstić information content (AvgIpc) is 3.06. The summed E-state index contributed by atoms with van der Waals surface area (Å²) in [7, 11) is 0. The lowest BCUT2D eigenvalue weighted by atomic mass is 10.1. The first kappa shape index (κ1) is 22.7. The van der Waals surface area contributed by atoms with E-state index in [4.69, 9.17) is 9.47 Å². The fraction of sp³-hybridized carbons (Fsp3) is 0.526. The van der Waals surface area contributed by atoms with Gasteiger partial charge in [0.2, 0.25) is 0 Å². The number of amides is 1. The molecule has 160 valence electrons. The molecule has 0 bridgehead atoms. The number of alkyl carbamates (subject to hydrolysis) is 1. The van der Waals surface area contributed by atoms with E-state index >= 15 is 0 Å². The first-order valence-electron chi connectivity index (χ1n) is 8.93. The van der Waals surface area contributed by atoms with Crippen LogP contribution in [0, 0.1) is 0 Å². The summed E-state index contributed by atoms with van der Waals surface area (Å²) in [6, 6.07) is 0.739. The van der Waals surface area contributed by atoms with E-state index in [1.165, 1.54) is 10.7 Å². The highest BCUT2D eigenvalue weighted by Gasteiger charge is 2.38. The van der Waals surface area contributed by atoms with Gasteiger partial charge in [-0.05, 0) is 39.3 Å². The monoisotopic (exact) mass is 414 g/mol. The van der Waals surface area contributed by atoms with Gasteiger partial charge in [0, 0.05) is 0 Å². The number of imidazole rings is 1. The van der Waals surface area contributed by atoms with Gasteiger partial charge in [0.25, 0.3) is 6.43 Å². The van der Waals surface area contributed by atoms with Crippen LogP contribution in [-0.4, -0.2) is 51.6 Å². The van der Waals surface area contributed by atoms with Crippen molar-refractivity contribution in [3.05, 3.63) is 36.3 Å². The number of alkyl halides is 3. The van der Waals surface area contributed by atoms with E-state index < -0.39 is 43.0 Å². The summed E-state index contributed by atoms with van der Waals surface area (Å²) in [5.74, 6) is 0. The van der Waals surface area contributed by atoms with Crippen molar-refractivity contribution in [3.63, 3.8) is 0 Å². The van der Waals surface area contributed by atoms with E-state index in [1.807, 2.05) is 0 Å². The molecule has 2 heterocycles. The van der Waals surface area contributed by atoms with Crippen LogP contribution in [0.2, 0.25) is 0 Å². The van der Waals surface area contributed by atoms with Crippen molar-refractivity contribution in [2.45, 2.75) is 51.4 Å². The Morgan fingerprint density at radius 3 is 2.62 bits per heavy atom. The summed E-state index contributed by atoms with van der Waals surface area (Å²) < 4.78 is 51.3. The number of carbonyl (C=O) groups is 1. The number of ether oxygens (including phenoxy) is 2. The van der Waals surface area contributed by atoms with Crippen molar-refractivity contribution in [1.29, 1.82) is 0 Å². The number of hydrogen-bond acceptors (Lipinski definition) is 5. The van der Waals surface area contributed by atoms with Gasteiger partial charge in [-0.1, -0.05) is 12.7 Å². The third-order valence-corrected chi connectivity index (χ3v) is 3.95. The summed E-state index contributed by atoms with van der Waals surface area (Å²) in [6.07, 6.45) is 0.836. The highest BCUT2D eigenvalue weighted by atomic mass is 19.3. The molecule has 0 aliphatic heterocycles. The van der Waals surface area contributed by atoms with E-state index in [0.717, 1.165) is 12.5 Å². The number of aromatic nitrogens is 3. The van der Waals surface area contributed by atoms with Gasteiger partial charge in [-0.25, -0.2) is 27.5 Å². The van der Waals surface area contributed by atoms with E-state index in [2.05, 4.69) is 22.0 Å². The molecule has 0 fully saturated rings. The predicted octanol–water partition coefficient (Wildman–Crippen LogP) is 3.95. The van der Waals surface area contributed by atoms with Crippen molar-refractivity contribution < 1.29 is 27.4 Å². The van der Waals surface area contributed by atoms with Crippen LogP contribution in [0.25, 0.3) is 11.7 Å². The third-order valence-electron chi connectivity index (χ3n) is 3.95. The fourth-order valence-corrected chi connectivity index (χ4v) is 2.27.